The van der Waals surface area contributed by atoms with Gasteiger partial charge in [-0.3, -0.25) is 14.5 Å². The second-order valence-corrected chi connectivity index (χ2v) is 8.87. The normalized spacial score (nSPS) is 14.5. The van der Waals surface area contributed by atoms with Crippen molar-refractivity contribution in [2.24, 2.45) is 0 Å². The van der Waals surface area contributed by atoms with E-state index in [1.54, 1.807) is 29.0 Å². The molecule has 0 radical (unpaired) electrons. The highest BCUT2D eigenvalue weighted by Gasteiger charge is 2.36. The van der Waals surface area contributed by atoms with Gasteiger partial charge >= 0.3 is 6.18 Å². The van der Waals surface area contributed by atoms with Gasteiger partial charge in [0.25, 0.3) is 5.91 Å². The van der Waals surface area contributed by atoms with Gasteiger partial charge in [0.1, 0.15) is 0 Å². The van der Waals surface area contributed by atoms with Crippen LogP contribution in [0.25, 0.3) is 5.69 Å². The number of anilines is 1. The number of para-hydroxylation sites is 2. The van der Waals surface area contributed by atoms with Gasteiger partial charge in [-0.1, -0.05) is 41.9 Å². The predicted molar refractivity (Wildman–Crippen MR) is 132 cm³/mol. The van der Waals surface area contributed by atoms with Crippen molar-refractivity contribution in [1.29, 1.82) is 0 Å². The summed E-state index contributed by atoms with van der Waals surface area (Å²) in [4.78, 5) is 30.5. The van der Waals surface area contributed by atoms with E-state index in [0.29, 0.717) is 26.2 Å². The maximum atomic E-state index is 13.3. The van der Waals surface area contributed by atoms with E-state index in [1.807, 2.05) is 35.2 Å². The van der Waals surface area contributed by atoms with Gasteiger partial charge in [0.15, 0.2) is 12.3 Å². The van der Waals surface area contributed by atoms with Crippen molar-refractivity contribution < 1.29 is 27.5 Å². The first-order chi connectivity index (χ1) is 17.6. The molecule has 1 aliphatic rings. The fraction of sp³-hybridized carbons (Fsp3) is 0.320. The van der Waals surface area contributed by atoms with Gasteiger partial charge in [0.2, 0.25) is 11.8 Å². The minimum absolute atomic E-state index is 0.0670. The lowest BCUT2D eigenvalue weighted by atomic mass is 10.2. The van der Waals surface area contributed by atoms with Crippen LogP contribution in [-0.2, 0) is 15.8 Å². The molecule has 3 aromatic rings. The van der Waals surface area contributed by atoms with Gasteiger partial charge in [-0.15, -0.1) is 0 Å². The first kappa shape index (κ1) is 26.5. The molecule has 1 aromatic heterocycles. The molecule has 0 atom stereocenters. The summed E-state index contributed by atoms with van der Waals surface area (Å²) in [5.41, 5.74) is -0.169. The monoisotopic (exact) mass is 535 g/mol. The third-order valence-electron chi connectivity index (χ3n) is 5.99. The van der Waals surface area contributed by atoms with Crippen molar-refractivity contribution in [3.8, 4) is 11.6 Å². The Bertz CT molecular complexity index is 1240. The number of piperazine rings is 1. The number of amides is 2. The number of carbonyl (C=O) groups is 2. The van der Waals surface area contributed by atoms with Gasteiger partial charge < -0.3 is 14.5 Å². The largest absolute Gasteiger partial charge is 0.467 e. The van der Waals surface area contributed by atoms with E-state index in [-0.39, 0.29) is 34.9 Å². The quantitative estimate of drug-likeness (QED) is 0.461. The van der Waals surface area contributed by atoms with E-state index in [2.05, 4.69) is 5.10 Å². The Kier molecular flexibility index (Phi) is 8.03. The molecular weight excluding hydrogens is 511 g/mol. The minimum Gasteiger partial charge on any atom is -0.467 e. The third kappa shape index (κ3) is 6.41. The third-order valence-corrected chi connectivity index (χ3v) is 6.31. The lowest BCUT2D eigenvalue weighted by Gasteiger charge is -2.35. The Balaban J connectivity index is 1.34. The van der Waals surface area contributed by atoms with Gasteiger partial charge in [0, 0.05) is 45.0 Å². The van der Waals surface area contributed by atoms with E-state index in [0.717, 1.165) is 16.4 Å². The molecule has 0 N–H and O–H groups in total. The molecule has 1 aliphatic heterocycles. The highest BCUT2D eigenvalue weighted by molar-refractivity contribution is 6.32. The summed E-state index contributed by atoms with van der Waals surface area (Å²) < 4.78 is 46.3. The number of ether oxygens (including phenoxy) is 1. The number of alkyl halides is 3. The Morgan fingerprint density at radius 3 is 2.32 bits per heavy atom. The lowest BCUT2D eigenvalue weighted by Crippen LogP contribution is -2.52. The molecule has 37 heavy (non-hydrogen) atoms. The van der Waals surface area contributed by atoms with Crippen molar-refractivity contribution >= 4 is 29.1 Å². The highest BCUT2D eigenvalue weighted by atomic mass is 35.5. The van der Waals surface area contributed by atoms with E-state index in [9.17, 15) is 22.8 Å². The molecular formula is C25H25ClF3N5O3. The second kappa shape index (κ2) is 11.2. The molecule has 12 heteroatoms. The number of likely N-dealkylation sites (N-methyl/N-ethyl adjacent to an activating group) is 1. The number of hydrogen-bond acceptors (Lipinski definition) is 5. The summed E-state index contributed by atoms with van der Waals surface area (Å²) in [5, 5.41) is 3.77. The molecule has 0 unspecified atom stereocenters. The highest BCUT2D eigenvalue weighted by Crippen LogP contribution is 2.33. The first-order valence-electron chi connectivity index (χ1n) is 11.5. The number of benzene rings is 2. The molecule has 4 rings (SSSR count). The molecule has 0 bridgehead atoms. The topological polar surface area (TPSA) is 70.9 Å². The molecule has 2 heterocycles. The van der Waals surface area contributed by atoms with Crippen LogP contribution in [0, 0.1) is 0 Å². The zero-order chi connectivity index (χ0) is 26.6. The second-order valence-electron chi connectivity index (χ2n) is 8.46. The molecule has 1 fully saturated rings. The average Bonchev–Trinajstić information content (AvgIpc) is 3.33. The van der Waals surface area contributed by atoms with Crippen LogP contribution < -0.4 is 9.64 Å². The Labute approximate surface area is 216 Å². The molecule has 2 amide bonds. The summed E-state index contributed by atoms with van der Waals surface area (Å²) in [6, 6.07) is 16.3. The number of nitrogens with zero attached hydrogens (tertiary/aromatic N) is 5. The maximum absolute atomic E-state index is 13.3. The number of rotatable bonds is 7. The number of hydrogen-bond donors (Lipinski definition) is 0. The van der Waals surface area contributed by atoms with Crippen LogP contribution in [0.1, 0.15) is 5.69 Å². The van der Waals surface area contributed by atoms with Crippen molar-refractivity contribution in [1.82, 2.24) is 19.6 Å². The van der Waals surface area contributed by atoms with E-state index in [1.165, 1.54) is 12.1 Å². The molecule has 0 saturated carbocycles. The number of aromatic nitrogens is 2. The van der Waals surface area contributed by atoms with Crippen LogP contribution in [0.2, 0.25) is 5.02 Å². The van der Waals surface area contributed by atoms with E-state index < -0.39 is 18.5 Å². The summed E-state index contributed by atoms with van der Waals surface area (Å²) >= 11 is 6.14. The number of halogens is 4. The van der Waals surface area contributed by atoms with E-state index in [4.69, 9.17) is 16.3 Å². The van der Waals surface area contributed by atoms with Gasteiger partial charge in [0.05, 0.1) is 17.3 Å². The smallest absolute Gasteiger partial charge is 0.435 e. The molecule has 8 nitrogen and oxygen atoms in total. The fourth-order valence-corrected chi connectivity index (χ4v) is 4.09. The van der Waals surface area contributed by atoms with Crippen LogP contribution in [0.5, 0.6) is 5.88 Å². The summed E-state index contributed by atoms with van der Waals surface area (Å²) in [6.07, 6.45) is -4.70. The summed E-state index contributed by atoms with van der Waals surface area (Å²) in [6.45, 7) is 1.43. The van der Waals surface area contributed by atoms with Crippen molar-refractivity contribution in [2.75, 3.05) is 51.3 Å². The van der Waals surface area contributed by atoms with Crippen LogP contribution in [0.15, 0.2) is 60.7 Å². The van der Waals surface area contributed by atoms with Crippen LogP contribution in [0.3, 0.4) is 0 Å². The molecule has 0 spiro atoms. The van der Waals surface area contributed by atoms with Crippen molar-refractivity contribution in [2.45, 2.75) is 6.18 Å². The molecule has 2 aromatic carbocycles. The Morgan fingerprint density at radius 1 is 1.03 bits per heavy atom. The van der Waals surface area contributed by atoms with Crippen molar-refractivity contribution in [3.63, 3.8) is 0 Å². The van der Waals surface area contributed by atoms with Gasteiger partial charge in [-0.25, -0.2) is 0 Å². The zero-order valence-corrected chi connectivity index (χ0v) is 20.7. The van der Waals surface area contributed by atoms with Gasteiger partial charge in [-0.05, 0) is 24.3 Å². The van der Waals surface area contributed by atoms with Crippen LogP contribution in [0.4, 0.5) is 18.9 Å². The standard InChI is InChI=1S/C25H25ClF3N5O3/c1-31(18-7-3-2-4-8-18)22(35)16-32-11-13-33(14-12-32)23(36)17-37-24-15-21(25(27,28)29)30-34(24)20-10-6-5-9-19(20)26/h2-10,15H,11-14,16-17H2,1H3. The average molecular weight is 536 g/mol. The SMILES string of the molecule is CN(C(=O)CN1CCN(C(=O)COc2cc(C(F)(F)F)nn2-c2ccccc2Cl)CC1)c1ccccc1. The lowest BCUT2D eigenvalue weighted by molar-refractivity contribution is -0.141. The van der Waals surface area contributed by atoms with Crippen LogP contribution in [-0.4, -0.2) is 77.8 Å². The summed E-state index contributed by atoms with van der Waals surface area (Å²) in [5.74, 6) is -0.697. The fourth-order valence-electron chi connectivity index (χ4n) is 3.88. The Morgan fingerprint density at radius 2 is 1.68 bits per heavy atom. The first-order valence-corrected chi connectivity index (χ1v) is 11.9. The zero-order valence-electron chi connectivity index (χ0n) is 20.0. The predicted octanol–water partition coefficient (Wildman–Crippen LogP) is 3.73. The summed E-state index contributed by atoms with van der Waals surface area (Å²) in [7, 11) is 1.71. The maximum Gasteiger partial charge on any atom is 0.435 e. The van der Waals surface area contributed by atoms with E-state index >= 15 is 0 Å². The minimum atomic E-state index is -4.70. The molecule has 1 saturated heterocycles. The van der Waals surface area contributed by atoms with Crippen molar-refractivity contribution in [3.05, 3.63) is 71.4 Å². The number of carbonyl (C=O) groups excluding carboxylic acids is 2. The molecule has 0 aliphatic carbocycles. The van der Waals surface area contributed by atoms with Crippen LogP contribution >= 0.6 is 11.6 Å². The van der Waals surface area contributed by atoms with Gasteiger partial charge in [-0.2, -0.15) is 23.0 Å². The molecule has 196 valence electrons. The Hall–Kier alpha value is -3.57.